The zero-order chi connectivity index (χ0) is 21.2. The molecule has 1 heterocycles. The molecule has 2 rings (SSSR count). The summed E-state index contributed by atoms with van der Waals surface area (Å²) in [5, 5.41) is 6.22. The molecule has 0 atom stereocenters. The number of piperazine rings is 1. The minimum absolute atomic E-state index is 0.00663. The highest BCUT2D eigenvalue weighted by molar-refractivity contribution is 5.92. The number of amides is 2. The fourth-order valence-corrected chi connectivity index (χ4v) is 2.89. The van der Waals surface area contributed by atoms with Gasteiger partial charge in [-0.1, -0.05) is 26.0 Å². The van der Waals surface area contributed by atoms with E-state index in [4.69, 9.17) is 9.73 Å². The summed E-state index contributed by atoms with van der Waals surface area (Å²) in [6.45, 7) is 12.0. The summed E-state index contributed by atoms with van der Waals surface area (Å²) in [4.78, 5) is 32.3. The molecule has 2 amide bonds. The largest absolute Gasteiger partial charge is 0.450 e. The van der Waals surface area contributed by atoms with E-state index in [1.165, 1.54) is 0 Å². The van der Waals surface area contributed by atoms with Gasteiger partial charge in [-0.05, 0) is 31.5 Å². The molecule has 0 radical (unpaired) electrons. The van der Waals surface area contributed by atoms with Gasteiger partial charge in [0.15, 0.2) is 5.96 Å². The van der Waals surface area contributed by atoms with E-state index in [1.807, 2.05) is 52.0 Å². The van der Waals surface area contributed by atoms with Crippen LogP contribution in [0.5, 0.6) is 0 Å². The highest BCUT2D eigenvalue weighted by atomic mass is 16.6. The van der Waals surface area contributed by atoms with Gasteiger partial charge in [0.2, 0.25) is 5.91 Å². The van der Waals surface area contributed by atoms with Gasteiger partial charge >= 0.3 is 6.09 Å². The summed E-state index contributed by atoms with van der Waals surface area (Å²) in [7, 11) is 0. The number of benzene rings is 1. The number of rotatable bonds is 6. The molecule has 0 aliphatic carbocycles. The van der Waals surface area contributed by atoms with Crippen LogP contribution in [0.4, 0.5) is 10.5 Å². The van der Waals surface area contributed by atoms with Gasteiger partial charge in [0.1, 0.15) is 0 Å². The zero-order valence-electron chi connectivity index (χ0n) is 17.9. The van der Waals surface area contributed by atoms with Gasteiger partial charge in [0.05, 0.1) is 13.2 Å². The Labute approximate surface area is 173 Å². The molecule has 0 spiro atoms. The normalized spacial score (nSPS) is 14.7. The Hall–Kier alpha value is -2.77. The molecule has 160 valence electrons. The molecule has 0 aromatic heterocycles. The van der Waals surface area contributed by atoms with Gasteiger partial charge in [0.25, 0.3) is 0 Å². The van der Waals surface area contributed by atoms with Crippen LogP contribution in [-0.2, 0) is 16.1 Å². The number of carbonyl (C=O) groups is 2. The van der Waals surface area contributed by atoms with Crippen LogP contribution in [-0.4, -0.2) is 67.1 Å². The number of ether oxygens (including phenoxy) is 1. The Morgan fingerprint density at radius 3 is 2.24 bits per heavy atom. The number of aliphatic imine (C=N–C) groups is 1. The third-order valence-corrected chi connectivity index (χ3v) is 4.60. The summed E-state index contributed by atoms with van der Waals surface area (Å²) >= 11 is 0. The summed E-state index contributed by atoms with van der Waals surface area (Å²) < 4.78 is 5.07. The predicted molar refractivity (Wildman–Crippen MR) is 115 cm³/mol. The second-order valence-corrected chi connectivity index (χ2v) is 7.18. The van der Waals surface area contributed by atoms with Crippen molar-refractivity contribution in [2.24, 2.45) is 10.9 Å². The predicted octanol–water partition coefficient (Wildman–Crippen LogP) is 2.52. The Balaban J connectivity index is 1.94. The Bertz CT molecular complexity index is 695. The Morgan fingerprint density at radius 2 is 1.69 bits per heavy atom. The number of anilines is 1. The fraction of sp³-hybridized carbons (Fsp3) is 0.571. The van der Waals surface area contributed by atoms with Crippen molar-refractivity contribution in [3.63, 3.8) is 0 Å². The van der Waals surface area contributed by atoms with Crippen LogP contribution < -0.4 is 10.6 Å². The van der Waals surface area contributed by atoms with Crippen LogP contribution in [0.2, 0.25) is 0 Å². The Morgan fingerprint density at radius 1 is 1.07 bits per heavy atom. The fourth-order valence-electron chi connectivity index (χ4n) is 2.89. The Kier molecular flexibility index (Phi) is 8.76. The lowest BCUT2D eigenvalue weighted by Gasteiger charge is -2.35. The van der Waals surface area contributed by atoms with E-state index in [2.05, 4.69) is 15.5 Å². The van der Waals surface area contributed by atoms with Gasteiger partial charge in [-0.25, -0.2) is 9.79 Å². The average molecular weight is 404 g/mol. The lowest BCUT2D eigenvalue weighted by Crippen LogP contribution is -2.53. The summed E-state index contributed by atoms with van der Waals surface area (Å²) in [5.41, 5.74) is 1.85. The van der Waals surface area contributed by atoms with Crippen LogP contribution >= 0.6 is 0 Å². The molecular formula is C21H33N5O3. The number of nitrogens with one attached hydrogen (secondary N) is 2. The standard InChI is InChI=1S/C21H33N5O3/c1-5-22-20(25-11-13-26(14-12-25)21(28)29-6-2)23-15-17-7-9-18(10-8-17)24-19(27)16(3)4/h7-10,16H,5-6,11-15H2,1-4H3,(H,22,23)(H,24,27). The van der Waals surface area contributed by atoms with Crippen molar-refractivity contribution in [2.45, 2.75) is 34.2 Å². The number of hydrogen-bond acceptors (Lipinski definition) is 4. The van der Waals surface area contributed by atoms with Crippen molar-refractivity contribution in [2.75, 3.05) is 44.6 Å². The number of guanidine groups is 1. The molecule has 8 heteroatoms. The molecule has 1 fully saturated rings. The smallest absolute Gasteiger partial charge is 0.409 e. The molecule has 29 heavy (non-hydrogen) atoms. The van der Waals surface area contributed by atoms with Gasteiger partial charge in [0, 0.05) is 44.3 Å². The zero-order valence-corrected chi connectivity index (χ0v) is 17.9. The van der Waals surface area contributed by atoms with Gasteiger partial charge in [-0.2, -0.15) is 0 Å². The molecule has 1 aromatic rings. The number of hydrogen-bond donors (Lipinski definition) is 2. The quantitative estimate of drug-likeness (QED) is 0.563. The second kappa shape index (κ2) is 11.3. The molecule has 2 N–H and O–H groups in total. The third-order valence-electron chi connectivity index (χ3n) is 4.60. The highest BCUT2D eigenvalue weighted by Gasteiger charge is 2.23. The van der Waals surface area contributed by atoms with Crippen LogP contribution in [0.1, 0.15) is 33.3 Å². The molecule has 8 nitrogen and oxygen atoms in total. The SMILES string of the molecule is CCNC(=NCc1ccc(NC(=O)C(C)C)cc1)N1CCN(C(=O)OCC)CC1. The molecular weight excluding hydrogens is 370 g/mol. The van der Waals surface area contributed by atoms with Crippen LogP contribution in [0.3, 0.4) is 0 Å². The summed E-state index contributed by atoms with van der Waals surface area (Å²) in [5.74, 6) is 0.798. The van der Waals surface area contributed by atoms with Gasteiger partial charge in [-0.3, -0.25) is 4.79 Å². The van der Waals surface area contributed by atoms with Crippen molar-refractivity contribution >= 4 is 23.6 Å². The van der Waals surface area contributed by atoms with E-state index < -0.39 is 0 Å². The summed E-state index contributed by atoms with van der Waals surface area (Å²) in [6.07, 6.45) is -0.251. The molecule has 0 unspecified atom stereocenters. The van der Waals surface area contributed by atoms with E-state index in [9.17, 15) is 9.59 Å². The maximum absolute atomic E-state index is 11.9. The minimum atomic E-state index is -0.251. The van der Waals surface area contributed by atoms with E-state index in [0.717, 1.165) is 23.8 Å². The minimum Gasteiger partial charge on any atom is -0.450 e. The molecule has 1 saturated heterocycles. The second-order valence-electron chi connectivity index (χ2n) is 7.18. The van der Waals surface area contributed by atoms with E-state index in [-0.39, 0.29) is 17.9 Å². The maximum Gasteiger partial charge on any atom is 0.409 e. The van der Waals surface area contributed by atoms with Crippen molar-refractivity contribution in [1.82, 2.24) is 15.1 Å². The first-order valence-electron chi connectivity index (χ1n) is 10.3. The highest BCUT2D eigenvalue weighted by Crippen LogP contribution is 2.12. The first kappa shape index (κ1) is 22.5. The van der Waals surface area contributed by atoms with Crippen molar-refractivity contribution in [3.8, 4) is 0 Å². The number of nitrogens with zero attached hydrogens (tertiary/aromatic N) is 3. The molecule has 1 aliphatic rings. The molecule has 0 saturated carbocycles. The molecule has 1 aromatic carbocycles. The van der Waals surface area contributed by atoms with Gasteiger partial charge in [-0.15, -0.1) is 0 Å². The van der Waals surface area contributed by atoms with Crippen molar-refractivity contribution in [3.05, 3.63) is 29.8 Å². The third kappa shape index (κ3) is 6.96. The maximum atomic E-state index is 11.9. The van der Waals surface area contributed by atoms with E-state index in [1.54, 1.807) is 4.90 Å². The lowest BCUT2D eigenvalue weighted by molar-refractivity contribution is -0.118. The van der Waals surface area contributed by atoms with E-state index in [0.29, 0.717) is 39.3 Å². The van der Waals surface area contributed by atoms with Gasteiger partial charge < -0.3 is 25.2 Å². The first-order chi connectivity index (χ1) is 13.9. The van der Waals surface area contributed by atoms with Crippen molar-refractivity contribution in [1.29, 1.82) is 0 Å². The number of carbonyl (C=O) groups excluding carboxylic acids is 2. The lowest BCUT2D eigenvalue weighted by atomic mass is 10.1. The topological polar surface area (TPSA) is 86.3 Å². The molecule has 1 aliphatic heterocycles. The van der Waals surface area contributed by atoms with Crippen LogP contribution in [0.25, 0.3) is 0 Å². The van der Waals surface area contributed by atoms with Crippen LogP contribution in [0.15, 0.2) is 29.3 Å². The van der Waals surface area contributed by atoms with Crippen LogP contribution in [0, 0.1) is 5.92 Å². The van der Waals surface area contributed by atoms with E-state index >= 15 is 0 Å². The molecule has 0 bridgehead atoms. The average Bonchev–Trinajstić information content (AvgIpc) is 2.72. The first-order valence-corrected chi connectivity index (χ1v) is 10.3. The monoisotopic (exact) mass is 403 g/mol. The van der Waals surface area contributed by atoms with Crippen molar-refractivity contribution < 1.29 is 14.3 Å². The summed E-state index contributed by atoms with van der Waals surface area (Å²) in [6, 6.07) is 7.75.